The third kappa shape index (κ3) is 5.34. The van der Waals surface area contributed by atoms with Crippen molar-refractivity contribution in [1.82, 2.24) is 14.9 Å². The SMILES string of the molecule is CC1(C)CC(=O)C2=C(C1)Nc1c(cnn1NC(=O)C1CCC1CCN)C2/C=C/c1ccc(-c2cccc(F)c2)cn1. The number of fused-ring (bicyclic) bond motifs is 1. The Morgan fingerprint density at radius 1 is 1.20 bits per heavy atom. The molecule has 8 nitrogen and oxygen atoms in total. The fraction of sp³-hybridized carbons (Fsp3) is 0.375. The lowest BCUT2D eigenvalue weighted by Crippen LogP contribution is -2.41. The van der Waals surface area contributed by atoms with Crippen molar-refractivity contribution in [3.05, 3.63) is 83.2 Å². The molecule has 9 heteroatoms. The summed E-state index contributed by atoms with van der Waals surface area (Å²) in [7, 11) is 0. The zero-order valence-corrected chi connectivity index (χ0v) is 23.4. The first-order chi connectivity index (χ1) is 19.7. The predicted octanol–water partition coefficient (Wildman–Crippen LogP) is 5.40. The highest BCUT2D eigenvalue weighted by Gasteiger charge is 2.41. The summed E-state index contributed by atoms with van der Waals surface area (Å²) in [6.45, 7) is 4.76. The molecule has 41 heavy (non-hydrogen) atoms. The number of amides is 1. The molecule has 1 saturated carbocycles. The molecule has 2 aromatic heterocycles. The summed E-state index contributed by atoms with van der Waals surface area (Å²) in [6, 6.07) is 10.2. The Morgan fingerprint density at radius 3 is 2.76 bits per heavy atom. The third-order valence-corrected chi connectivity index (χ3v) is 8.54. The summed E-state index contributed by atoms with van der Waals surface area (Å²) in [5.74, 6) is 0.323. The van der Waals surface area contributed by atoms with Crippen LogP contribution in [0.3, 0.4) is 0 Å². The molecule has 1 aromatic carbocycles. The Labute approximate surface area is 238 Å². The van der Waals surface area contributed by atoms with Crippen molar-refractivity contribution in [1.29, 1.82) is 0 Å². The van der Waals surface area contributed by atoms with Gasteiger partial charge in [-0.05, 0) is 73.4 Å². The number of pyridine rings is 1. The van der Waals surface area contributed by atoms with Crippen molar-refractivity contribution >= 4 is 23.6 Å². The van der Waals surface area contributed by atoms with Gasteiger partial charge in [-0.15, -0.1) is 0 Å². The predicted molar refractivity (Wildman–Crippen MR) is 157 cm³/mol. The van der Waals surface area contributed by atoms with Gasteiger partial charge in [-0.2, -0.15) is 9.89 Å². The van der Waals surface area contributed by atoms with Gasteiger partial charge in [0.2, 0.25) is 5.91 Å². The van der Waals surface area contributed by atoms with E-state index in [0.29, 0.717) is 36.8 Å². The van der Waals surface area contributed by atoms with Crippen molar-refractivity contribution in [3.63, 3.8) is 0 Å². The number of nitrogens with two attached hydrogens (primary N) is 1. The highest BCUT2D eigenvalue weighted by Crippen LogP contribution is 2.47. The molecule has 1 amide bonds. The highest BCUT2D eigenvalue weighted by atomic mass is 19.1. The van der Waals surface area contributed by atoms with Crippen molar-refractivity contribution in [2.75, 3.05) is 17.3 Å². The topological polar surface area (TPSA) is 115 Å². The van der Waals surface area contributed by atoms with E-state index in [1.54, 1.807) is 18.5 Å². The second-order valence-corrected chi connectivity index (χ2v) is 12.1. The Kier molecular flexibility index (Phi) is 7.07. The number of allylic oxidation sites excluding steroid dienone is 3. The minimum absolute atomic E-state index is 0.0584. The normalized spacial score (nSPS) is 23.0. The van der Waals surface area contributed by atoms with Crippen molar-refractivity contribution in [2.24, 2.45) is 23.0 Å². The number of hydrogen-bond acceptors (Lipinski definition) is 6. The fourth-order valence-electron chi connectivity index (χ4n) is 6.30. The second kappa shape index (κ2) is 10.7. The Hall–Kier alpha value is -4.11. The zero-order chi connectivity index (χ0) is 28.7. The lowest BCUT2D eigenvalue weighted by atomic mass is 9.71. The van der Waals surface area contributed by atoms with Crippen LogP contribution in [0.4, 0.5) is 10.2 Å². The molecule has 0 spiro atoms. The van der Waals surface area contributed by atoms with Crippen LogP contribution in [-0.4, -0.2) is 33.1 Å². The van der Waals surface area contributed by atoms with Crippen LogP contribution < -0.4 is 16.5 Å². The third-order valence-electron chi connectivity index (χ3n) is 8.54. The first-order valence-electron chi connectivity index (χ1n) is 14.2. The quantitative estimate of drug-likeness (QED) is 0.361. The van der Waals surface area contributed by atoms with Gasteiger partial charge >= 0.3 is 0 Å². The van der Waals surface area contributed by atoms with Gasteiger partial charge < -0.3 is 11.1 Å². The molecule has 3 aliphatic rings. The summed E-state index contributed by atoms with van der Waals surface area (Å²) in [5.41, 5.74) is 13.2. The average Bonchev–Trinajstić information content (AvgIpc) is 3.30. The minimum Gasteiger partial charge on any atom is -0.342 e. The number of carbonyl (C=O) groups is 2. The zero-order valence-electron chi connectivity index (χ0n) is 23.4. The smallest absolute Gasteiger partial charge is 0.243 e. The summed E-state index contributed by atoms with van der Waals surface area (Å²) in [4.78, 5) is 32.6. The molecule has 0 saturated heterocycles. The molecule has 0 bridgehead atoms. The molecule has 6 rings (SSSR count). The van der Waals surface area contributed by atoms with Gasteiger partial charge in [-0.3, -0.25) is 14.6 Å². The summed E-state index contributed by atoms with van der Waals surface area (Å²) >= 11 is 0. The van der Waals surface area contributed by atoms with E-state index in [9.17, 15) is 14.0 Å². The lowest BCUT2D eigenvalue weighted by molar-refractivity contribution is -0.126. The molecule has 3 aromatic rings. The minimum atomic E-state index is -0.339. The van der Waals surface area contributed by atoms with Crippen LogP contribution in [0.25, 0.3) is 17.2 Å². The fourth-order valence-corrected chi connectivity index (χ4v) is 6.30. The Morgan fingerprint density at radius 2 is 2.05 bits per heavy atom. The van der Waals surface area contributed by atoms with E-state index in [-0.39, 0.29) is 34.8 Å². The molecular weight excluding hydrogens is 519 g/mol. The van der Waals surface area contributed by atoms with Crippen LogP contribution in [0.15, 0.2) is 66.1 Å². The van der Waals surface area contributed by atoms with E-state index in [1.807, 2.05) is 30.4 Å². The number of carbonyl (C=O) groups excluding carboxylic acids is 2. The number of Topliss-reactive ketones (excluding diaryl/α,β-unsaturated/α-hetero) is 1. The van der Waals surface area contributed by atoms with Crippen LogP contribution in [0, 0.1) is 23.1 Å². The standard InChI is InChI=1S/C32H35FN6O2/c1-32(2)15-27-29(28(40)16-32)25(11-9-23-8-6-21(17-35-23)20-4-3-5-22(33)14-20)26-18-36-39(30(26)37-27)38-31(41)24-10-7-19(24)12-13-34/h3-6,8-9,11,14,17-19,24-25,37H,7,10,12-13,15-16,34H2,1-2H3,(H,38,41)/b11-9+. The number of hydrogen-bond donors (Lipinski definition) is 3. The molecular formula is C32H35FN6O2. The monoisotopic (exact) mass is 554 g/mol. The maximum atomic E-state index is 13.7. The van der Waals surface area contributed by atoms with Crippen LogP contribution >= 0.6 is 0 Å². The number of ketones is 1. The van der Waals surface area contributed by atoms with Gasteiger partial charge in [0.05, 0.1) is 11.9 Å². The van der Waals surface area contributed by atoms with E-state index < -0.39 is 0 Å². The average molecular weight is 555 g/mol. The molecule has 212 valence electrons. The summed E-state index contributed by atoms with van der Waals surface area (Å²) < 4.78 is 13.7. The number of nitrogens with zero attached hydrogens (tertiary/aromatic N) is 3. The first kappa shape index (κ1) is 27.1. The van der Waals surface area contributed by atoms with E-state index in [0.717, 1.165) is 47.2 Å². The van der Waals surface area contributed by atoms with Gasteiger partial charge in [-0.25, -0.2) is 9.82 Å². The Balaban J connectivity index is 1.29. The van der Waals surface area contributed by atoms with Crippen LogP contribution in [-0.2, 0) is 9.59 Å². The number of benzene rings is 1. The van der Waals surface area contributed by atoms with Crippen molar-refractivity contribution in [3.8, 4) is 11.1 Å². The van der Waals surface area contributed by atoms with Crippen LogP contribution in [0.5, 0.6) is 0 Å². The van der Waals surface area contributed by atoms with E-state index >= 15 is 0 Å². The van der Waals surface area contributed by atoms with Gasteiger partial charge in [0.15, 0.2) is 11.6 Å². The lowest BCUT2D eigenvalue weighted by Gasteiger charge is -2.38. The number of halogens is 1. The molecule has 0 radical (unpaired) electrons. The highest BCUT2D eigenvalue weighted by molar-refractivity contribution is 6.01. The van der Waals surface area contributed by atoms with E-state index in [2.05, 4.69) is 34.7 Å². The van der Waals surface area contributed by atoms with Gasteiger partial charge in [-0.1, -0.05) is 38.1 Å². The summed E-state index contributed by atoms with van der Waals surface area (Å²) in [5, 5.41) is 7.96. The van der Waals surface area contributed by atoms with Gasteiger partial charge in [0, 0.05) is 46.9 Å². The number of nitrogens with one attached hydrogen (secondary N) is 2. The van der Waals surface area contributed by atoms with Crippen LogP contribution in [0.1, 0.15) is 63.1 Å². The molecule has 1 fully saturated rings. The van der Waals surface area contributed by atoms with Crippen molar-refractivity contribution in [2.45, 2.75) is 51.9 Å². The maximum absolute atomic E-state index is 13.7. The maximum Gasteiger partial charge on any atom is 0.243 e. The van der Waals surface area contributed by atoms with Gasteiger partial charge in [0.1, 0.15) is 5.82 Å². The number of rotatable bonds is 7. The molecule has 3 heterocycles. The van der Waals surface area contributed by atoms with E-state index in [4.69, 9.17) is 5.73 Å². The molecule has 4 N–H and O–H groups in total. The molecule has 1 aliphatic heterocycles. The number of aromatic nitrogens is 3. The molecule has 3 atom stereocenters. The largest absolute Gasteiger partial charge is 0.342 e. The molecule has 3 unspecified atom stereocenters. The van der Waals surface area contributed by atoms with E-state index in [1.165, 1.54) is 16.9 Å². The van der Waals surface area contributed by atoms with Crippen molar-refractivity contribution < 1.29 is 14.0 Å². The molecule has 2 aliphatic carbocycles. The van der Waals surface area contributed by atoms with Crippen LogP contribution in [0.2, 0.25) is 0 Å². The van der Waals surface area contributed by atoms with Gasteiger partial charge in [0.25, 0.3) is 0 Å². The second-order valence-electron chi connectivity index (χ2n) is 12.1. The first-order valence-corrected chi connectivity index (χ1v) is 14.2. The summed E-state index contributed by atoms with van der Waals surface area (Å²) in [6.07, 6.45) is 11.2. The number of anilines is 1. The Bertz CT molecular complexity index is 1550.